The Hall–Kier alpha value is -1.89. The number of carboxylic acids is 1. The van der Waals surface area contributed by atoms with Crippen LogP contribution in [0.25, 0.3) is 0 Å². The van der Waals surface area contributed by atoms with Gasteiger partial charge in [-0.2, -0.15) is 0 Å². The molecule has 1 saturated heterocycles. The molecule has 0 aliphatic carbocycles. The number of carbonyl (C=O) groups is 3. The molecule has 0 aromatic carbocycles. The fourth-order valence-electron chi connectivity index (χ4n) is 2.24. The highest BCUT2D eigenvalue weighted by Gasteiger charge is 2.31. The fraction of sp³-hybridized carbons (Fsp3) is 0.462. The quantitative estimate of drug-likeness (QED) is 0.866. The molecule has 2 rings (SSSR count). The van der Waals surface area contributed by atoms with Crippen LogP contribution in [0.2, 0.25) is 0 Å². The molecular formula is C13H16N2O4S. The van der Waals surface area contributed by atoms with E-state index in [0.717, 1.165) is 12.8 Å². The number of hydrogen-bond donors (Lipinski definition) is 2. The first-order chi connectivity index (χ1) is 9.59. The summed E-state index contributed by atoms with van der Waals surface area (Å²) in [6.07, 6.45) is 2.08. The van der Waals surface area contributed by atoms with Gasteiger partial charge in [0.15, 0.2) is 0 Å². The lowest BCUT2D eigenvalue weighted by Gasteiger charge is -2.32. The normalized spacial score (nSPS) is 18.6. The molecule has 2 amide bonds. The minimum Gasteiger partial charge on any atom is -0.480 e. The van der Waals surface area contributed by atoms with E-state index in [-0.39, 0.29) is 18.4 Å². The van der Waals surface area contributed by atoms with Gasteiger partial charge in [-0.25, -0.2) is 4.79 Å². The summed E-state index contributed by atoms with van der Waals surface area (Å²) < 4.78 is 0. The van der Waals surface area contributed by atoms with Gasteiger partial charge in [0.1, 0.15) is 6.04 Å². The van der Waals surface area contributed by atoms with E-state index in [1.54, 1.807) is 17.5 Å². The Morgan fingerprint density at radius 1 is 1.40 bits per heavy atom. The molecule has 0 unspecified atom stereocenters. The van der Waals surface area contributed by atoms with Crippen LogP contribution in [0.5, 0.6) is 0 Å². The molecule has 0 radical (unpaired) electrons. The molecule has 1 atom stereocenters. The second kappa shape index (κ2) is 6.51. The van der Waals surface area contributed by atoms with Crippen molar-refractivity contribution in [3.63, 3.8) is 0 Å². The summed E-state index contributed by atoms with van der Waals surface area (Å²) in [4.78, 5) is 36.8. The lowest BCUT2D eigenvalue weighted by Crippen LogP contribution is -2.51. The number of rotatable bonds is 4. The van der Waals surface area contributed by atoms with Crippen molar-refractivity contribution in [2.45, 2.75) is 25.3 Å². The first-order valence-electron chi connectivity index (χ1n) is 6.43. The number of piperidine rings is 1. The molecule has 6 nitrogen and oxygen atoms in total. The van der Waals surface area contributed by atoms with E-state index in [1.807, 2.05) is 0 Å². The third kappa shape index (κ3) is 3.36. The molecule has 1 aliphatic heterocycles. The third-order valence-corrected chi connectivity index (χ3v) is 4.12. The van der Waals surface area contributed by atoms with Gasteiger partial charge in [0, 0.05) is 6.54 Å². The van der Waals surface area contributed by atoms with E-state index in [1.165, 1.54) is 16.2 Å². The number of nitrogens with one attached hydrogen (secondary N) is 1. The standard InChI is InChI=1S/C13H16N2O4S/c16-11(8-14-12(17)10-5-3-7-20-10)15-6-2-1-4-9(15)13(18)19/h3,5,7,9H,1-2,4,6,8H2,(H,14,17)(H,18,19)/t9-/m1/s1. The second-order valence-corrected chi connectivity index (χ2v) is 5.54. The predicted molar refractivity (Wildman–Crippen MR) is 73.6 cm³/mol. The third-order valence-electron chi connectivity index (χ3n) is 3.25. The number of carbonyl (C=O) groups excluding carboxylic acids is 2. The highest BCUT2D eigenvalue weighted by molar-refractivity contribution is 7.12. The largest absolute Gasteiger partial charge is 0.480 e. The zero-order valence-corrected chi connectivity index (χ0v) is 11.7. The molecule has 1 fully saturated rings. The zero-order valence-electron chi connectivity index (χ0n) is 10.9. The van der Waals surface area contributed by atoms with Gasteiger partial charge in [0.05, 0.1) is 11.4 Å². The summed E-state index contributed by atoms with van der Waals surface area (Å²) in [6.45, 7) is 0.269. The van der Waals surface area contributed by atoms with Gasteiger partial charge < -0.3 is 15.3 Å². The molecule has 7 heteroatoms. The highest BCUT2D eigenvalue weighted by atomic mass is 32.1. The molecule has 1 aromatic rings. The zero-order chi connectivity index (χ0) is 14.5. The minimum absolute atomic E-state index is 0.166. The maximum atomic E-state index is 12.0. The smallest absolute Gasteiger partial charge is 0.326 e. The van der Waals surface area contributed by atoms with Gasteiger partial charge in [-0.1, -0.05) is 6.07 Å². The summed E-state index contributed by atoms with van der Waals surface area (Å²) in [6, 6.07) is 2.66. The summed E-state index contributed by atoms with van der Waals surface area (Å²) in [5, 5.41) is 13.4. The first kappa shape index (κ1) is 14.5. The number of aliphatic carboxylic acids is 1. The Balaban J connectivity index is 1.90. The number of hydrogen-bond acceptors (Lipinski definition) is 4. The van der Waals surface area contributed by atoms with Crippen LogP contribution < -0.4 is 5.32 Å². The molecule has 20 heavy (non-hydrogen) atoms. The highest BCUT2D eigenvalue weighted by Crippen LogP contribution is 2.17. The number of nitrogens with zero attached hydrogens (tertiary/aromatic N) is 1. The molecule has 2 N–H and O–H groups in total. The van der Waals surface area contributed by atoms with Gasteiger partial charge in [0.2, 0.25) is 5.91 Å². The van der Waals surface area contributed by atoms with Crippen LogP contribution in [-0.2, 0) is 9.59 Å². The monoisotopic (exact) mass is 296 g/mol. The lowest BCUT2D eigenvalue weighted by molar-refractivity contribution is -0.151. The van der Waals surface area contributed by atoms with E-state index in [4.69, 9.17) is 5.11 Å². The van der Waals surface area contributed by atoms with Gasteiger partial charge in [0.25, 0.3) is 5.91 Å². The van der Waals surface area contributed by atoms with Crippen LogP contribution in [0.15, 0.2) is 17.5 Å². The van der Waals surface area contributed by atoms with Crippen LogP contribution in [0, 0.1) is 0 Å². The number of likely N-dealkylation sites (tertiary alicyclic amines) is 1. The summed E-state index contributed by atoms with van der Waals surface area (Å²) in [5.74, 6) is -1.64. The SMILES string of the molecule is O=C(NCC(=O)N1CCCC[C@@H]1C(=O)O)c1cccs1. The maximum Gasteiger partial charge on any atom is 0.326 e. The van der Waals surface area contributed by atoms with Crippen molar-refractivity contribution in [2.75, 3.05) is 13.1 Å². The maximum absolute atomic E-state index is 12.0. The van der Waals surface area contributed by atoms with E-state index in [2.05, 4.69) is 5.32 Å². The van der Waals surface area contributed by atoms with E-state index >= 15 is 0 Å². The Morgan fingerprint density at radius 3 is 2.85 bits per heavy atom. The van der Waals surface area contributed by atoms with Crippen LogP contribution in [0.4, 0.5) is 0 Å². The fourth-order valence-corrected chi connectivity index (χ4v) is 2.88. The Morgan fingerprint density at radius 2 is 2.20 bits per heavy atom. The van der Waals surface area contributed by atoms with E-state index in [0.29, 0.717) is 17.8 Å². The molecule has 108 valence electrons. The number of thiophene rings is 1. The lowest BCUT2D eigenvalue weighted by atomic mass is 10.0. The Labute approximate surface area is 120 Å². The first-order valence-corrected chi connectivity index (χ1v) is 7.31. The van der Waals surface area contributed by atoms with Crippen molar-refractivity contribution in [3.05, 3.63) is 22.4 Å². The van der Waals surface area contributed by atoms with Crippen molar-refractivity contribution >= 4 is 29.1 Å². The van der Waals surface area contributed by atoms with Gasteiger partial charge in [-0.3, -0.25) is 9.59 Å². The minimum atomic E-state index is -0.984. The van der Waals surface area contributed by atoms with Gasteiger partial charge in [-0.15, -0.1) is 11.3 Å². The van der Waals surface area contributed by atoms with Gasteiger partial charge >= 0.3 is 5.97 Å². The van der Waals surface area contributed by atoms with Crippen molar-refractivity contribution in [1.82, 2.24) is 10.2 Å². The van der Waals surface area contributed by atoms with Gasteiger partial charge in [-0.05, 0) is 30.7 Å². The average molecular weight is 296 g/mol. The molecule has 0 saturated carbocycles. The Kier molecular flexibility index (Phi) is 4.73. The van der Waals surface area contributed by atoms with Crippen LogP contribution in [0.3, 0.4) is 0 Å². The molecule has 1 aromatic heterocycles. The van der Waals surface area contributed by atoms with Crippen molar-refractivity contribution in [2.24, 2.45) is 0 Å². The summed E-state index contributed by atoms with van der Waals surface area (Å²) in [7, 11) is 0. The van der Waals surface area contributed by atoms with Crippen LogP contribution >= 0.6 is 11.3 Å². The van der Waals surface area contributed by atoms with Crippen LogP contribution in [-0.4, -0.2) is 46.9 Å². The van der Waals surface area contributed by atoms with E-state index in [9.17, 15) is 14.4 Å². The van der Waals surface area contributed by atoms with Crippen LogP contribution in [0.1, 0.15) is 28.9 Å². The van der Waals surface area contributed by atoms with Crippen molar-refractivity contribution in [3.8, 4) is 0 Å². The predicted octanol–water partition coefficient (Wildman–Crippen LogP) is 0.944. The second-order valence-electron chi connectivity index (χ2n) is 4.60. The molecular weight excluding hydrogens is 280 g/mol. The molecule has 1 aliphatic rings. The summed E-state index contributed by atoms with van der Waals surface area (Å²) >= 11 is 1.29. The molecule has 2 heterocycles. The molecule has 0 bridgehead atoms. The van der Waals surface area contributed by atoms with Crippen molar-refractivity contribution < 1.29 is 19.5 Å². The Bertz CT molecular complexity index is 500. The topological polar surface area (TPSA) is 86.7 Å². The molecule has 0 spiro atoms. The average Bonchev–Trinajstić information content (AvgIpc) is 2.98. The van der Waals surface area contributed by atoms with E-state index < -0.39 is 12.0 Å². The van der Waals surface area contributed by atoms with Crippen molar-refractivity contribution in [1.29, 1.82) is 0 Å². The summed E-state index contributed by atoms with van der Waals surface area (Å²) in [5.41, 5.74) is 0. The number of carboxylic acid groups (broad SMARTS) is 1. The number of amides is 2.